The molecule has 0 fully saturated rings. The number of nitrogens with two attached hydrogens (primary N) is 1. The number of H-pyrrole nitrogens is 1. The van der Waals surface area contributed by atoms with Crippen molar-refractivity contribution in [3.05, 3.63) is 40.3 Å². The maximum absolute atomic E-state index is 12.4. The smallest absolute Gasteiger partial charge is 0.294 e. The zero-order valence-corrected chi connectivity index (χ0v) is 23.7. The van der Waals surface area contributed by atoms with E-state index in [9.17, 15) is 13.2 Å². The lowest BCUT2D eigenvalue weighted by atomic mass is 10.0. The van der Waals surface area contributed by atoms with E-state index in [1.807, 2.05) is 0 Å². The Bertz CT molecular complexity index is 1060. The van der Waals surface area contributed by atoms with Crippen LogP contribution in [0.1, 0.15) is 128 Å². The van der Waals surface area contributed by atoms with Gasteiger partial charge in [0.1, 0.15) is 0 Å². The summed E-state index contributed by atoms with van der Waals surface area (Å²) in [5, 5.41) is 3.07. The summed E-state index contributed by atoms with van der Waals surface area (Å²) in [5.74, 6) is 0. The number of unbranched alkanes of at least 4 members (excludes halogenated alkanes) is 17. The van der Waals surface area contributed by atoms with Crippen molar-refractivity contribution < 1.29 is 13.0 Å². The first-order valence-electron chi connectivity index (χ1n) is 14.5. The molecule has 0 aliphatic rings. The number of nitrogen functional groups attached to an aromatic ring is 1. The number of aromatic amines is 1. The molecule has 1 heterocycles. The lowest BCUT2D eigenvalue weighted by Gasteiger charge is -2.07. The van der Waals surface area contributed by atoms with Crippen LogP contribution in [-0.2, 0) is 16.5 Å². The van der Waals surface area contributed by atoms with Gasteiger partial charge in [-0.2, -0.15) is 8.42 Å². The van der Waals surface area contributed by atoms with E-state index in [2.05, 4.69) is 12.0 Å². The molecule has 0 saturated heterocycles. The van der Waals surface area contributed by atoms with Crippen molar-refractivity contribution in [3.63, 3.8) is 0 Å². The fourth-order valence-electron chi connectivity index (χ4n) is 4.87. The number of nitrogens with one attached hydrogen (secondary N) is 1. The molecule has 0 atom stereocenters. The molecule has 0 spiro atoms. The summed E-state index contributed by atoms with van der Waals surface area (Å²) < 4.78 is 33.0. The molecule has 0 radical (unpaired) electrons. The van der Waals surface area contributed by atoms with Crippen LogP contribution in [0.25, 0.3) is 5.69 Å². The summed E-state index contributed by atoms with van der Waals surface area (Å²) in [6.45, 7) is 2.27. The topological polar surface area (TPSA) is 118 Å². The van der Waals surface area contributed by atoms with Gasteiger partial charge in [-0.1, -0.05) is 116 Å². The summed E-state index contributed by atoms with van der Waals surface area (Å²) in [7, 11) is -4.34. The number of hydrogen-bond acceptors (Lipinski definition) is 4. The van der Waals surface area contributed by atoms with Crippen LogP contribution in [0.5, 0.6) is 0 Å². The molecule has 8 heteroatoms. The monoisotopic (exact) mass is 535 g/mol. The average Bonchev–Trinajstić information content (AvgIpc) is 3.22. The van der Waals surface area contributed by atoms with Crippen LogP contribution in [0.2, 0.25) is 0 Å². The van der Waals surface area contributed by atoms with Gasteiger partial charge >= 0.3 is 0 Å². The molecule has 1 aromatic carbocycles. The third-order valence-corrected chi connectivity index (χ3v) is 7.96. The quantitative estimate of drug-likeness (QED) is 0.0865. The molecule has 2 rings (SSSR count). The van der Waals surface area contributed by atoms with Crippen molar-refractivity contribution in [1.82, 2.24) is 9.78 Å². The molecule has 210 valence electrons. The Morgan fingerprint density at radius 2 is 1.22 bits per heavy atom. The van der Waals surface area contributed by atoms with E-state index in [0.717, 1.165) is 31.0 Å². The predicted molar refractivity (Wildman–Crippen MR) is 153 cm³/mol. The van der Waals surface area contributed by atoms with Gasteiger partial charge in [-0.15, -0.1) is 0 Å². The Morgan fingerprint density at radius 1 is 0.757 bits per heavy atom. The van der Waals surface area contributed by atoms with Crippen LogP contribution in [0.15, 0.2) is 34.0 Å². The lowest BCUT2D eigenvalue weighted by molar-refractivity contribution is 0.483. The molecule has 4 N–H and O–H groups in total. The molecule has 2 aromatic rings. The number of aromatic nitrogens is 2. The van der Waals surface area contributed by atoms with E-state index in [1.165, 1.54) is 120 Å². The third kappa shape index (κ3) is 12.4. The molecule has 7 nitrogen and oxygen atoms in total. The maximum atomic E-state index is 12.4. The van der Waals surface area contributed by atoms with Crippen molar-refractivity contribution in [1.29, 1.82) is 0 Å². The van der Waals surface area contributed by atoms with Gasteiger partial charge in [-0.25, -0.2) is 4.68 Å². The average molecular weight is 536 g/mol. The summed E-state index contributed by atoms with van der Waals surface area (Å²) in [6.07, 6.45) is 24.9. The standard InChI is InChI=1S/C29H49N3O4S/c1-2-3-4-5-6-7-8-9-10-11-12-13-14-15-16-17-18-19-20-25-23-29(33)32(31-25)28-22-21-26(24-27(28)30)37(34,35)36/h21-24,31H,2-20,30H2,1H3,(H,34,35,36). The second kappa shape index (κ2) is 17.4. The first kappa shape index (κ1) is 31.2. The van der Waals surface area contributed by atoms with E-state index >= 15 is 0 Å². The molecule has 0 aliphatic carbocycles. The van der Waals surface area contributed by atoms with Crippen molar-refractivity contribution in [2.45, 2.75) is 134 Å². The molecule has 0 bridgehead atoms. The third-order valence-electron chi connectivity index (χ3n) is 7.11. The van der Waals surface area contributed by atoms with Gasteiger partial charge in [0.05, 0.1) is 16.3 Å². The molecular formula is C29H49N3O4S. The SMILES string of the molecule is CCCCCCCCCCCCCCCCCCCCc1cc(=O)n(-c2ccc(S(=O)(=O)O)cc2N)[nH]1. The second-order valence-electron chi connectivity index (χ2n) is 10.4. The molecule has 37 heavy (non-hydrogen) atoms. The molecular weight excluding hydrogens is 486 g/mol. The highest BCUT2D eigenvalue weighted by Gasteiger charge is 2.14. The Balaban J connectivity index is 1.50. The predicted octanol–water partition coefficient (Wildman–Crippen LogP) is 7.58. The highest BCUT2D eigenvalue weighted by Crippen LogP contribution is 2.21. The van der Waals surface area contributed by atoms with Gasteiger partial charge in [0.15, 0.2) is 0 Å². The number of benzene rings is 1. The minimum Gasteiger partial charge on any atom is -0.397 e. The number of anilines is 1. The molecule has 0 unspecified atom stereocenters. The number of hydrogen-bond donors (Lipinski definition) is 3. The summed E-state index contributed by atoms with van der Waals surface area (Å²) in [5.41, 5.74) is 6.97. The fourth-order valence-corrected chi connectivity index (χ4v) is 5.38. The lowest BCUT2D eigenvalue weighted by Crippen LogP contribution is -2.15. The van der Waals surface area contributed by atoms with E-state index in [1.54, 1.807) is 6.07 Å². The second-order valence-corrected chi connectivity index (χ2v) is 11.8. The Morgan fingerprint density at radius 3 is 1.65 bits per heavy atom. The molecule has 0 amide bonds. The first-order chi connectivity index (χ1) is 17.8. The van der Waals surface area contributed by atoms with Gasteiger partial charge in [-0.05, 0) is 31.0 Å². The number of aryl methyl sites for hydroxylation is 1. The van der Waals surface area contributed by atoms with Gasteiger partial charge in [-0.3, -0.25) is 14.4 Å². The van der Waals surface area contributed by atoms with E-state index < -0.39 is 10.1 Å². The van der Waals surface area contributed by atoms with Crippen molar-refractivity contribution in [3.8, 4) is 5.69 Å². The highest BCUT2D eigenvalue weighted by atomic mass is 32.2. The van der Waals surface area contributed by atoms with Crippen molar-refractivity contribution in [2.24, 2.45) is 0 Å². The summed E-state index contributed by atoms with van der Waals surface area (Å²) in [4.78, 5) is 12.1. The largest absolute Gasteiger partial charge is 0.397 e. The van der Waals surface area contributed by atoms with Crippen molar-refractivity contribution >= 4 is 15.8 Å². The normalized spacial score (nSPS) is 11.8. The highest BCUT2D eigenvalue weighted by molar-refractivity contribution is 7.85. The zero-order chi connectivity index (χ0) is 26.9. The Labute approximate surface area is 224 Å². The Hall–Kier alpha value is -2.06. The molecule has 0 aliphatic heterocycles. The number of nitrogens with zero attached hydrogens (tertiary/aromatic N) is 1. The molecule has 1 aromatic heterocycles. The molecule has 0 saturated carbocycles. The van der Waals surface area contributed by atoms with Crippen LogP contribution in [0, 0.1) is 0 Å². The van der Waals surface area contributed by atoms with E-state index in [-0.39, 0.29) is 16.1 Å². The van der Waals surface area contributed by atoms with Crippen LogP contribution in [-0.4, -0.2) is 22.8 Å². The minimum absolute atomic E-state index is 0.0961. The zero-order valence-electron chi connectivity index (χ0n) is 22.8. The first-order valence-corrected chi connectivity index (χ1v) is 15.9. The van der Waals surface area contributed by atoms with Gasteiger partial charge in [0.2, 0.25) is 0 Å². The van der Waals surface area contributed by atoms with E-state index in [0.29, 0.717) is 5.69 Å². The van der Waals surface area contributed by atoms with Crippen LogP contribution < -0.4 is 11.3 Å². The van der Waals surface area contributed by atoms with Crippen molar-refractivity contribution in [2.75, 3.05) is 5.73 Å². The minimum atomic E-state index is -4.34. The summed E-state index contributed by atoms with van der Waals surface area (Å²) in [6, 6.07) is 5.35. The number of rotatable bonds is 21. The van der Waals surface area contributed by atoms with Crippen LogP contribution >= 0.6 is 0 Å². The van der Waals surface area contributed by atoms with Crippen LogP contribution in [0.3, 0.4) is 0 Å². The Kier molecular flexibility index (Phi) is 14.7. The maximum Gasteiger partial charge on any atom is 0.294 e. The summed E-state index contributed by atoms with van der Waals surface area (Å²) >= 11 is 0. The van der Waals surface area contributed by atoms with Gasteiger partial charge in [0.25, 0.3) is 15.7 Å². The van der Waals surface area contributed by atoms with Gasteiger partial charge in [0, 0.05) is 11.8 Å². The van der Waals surface area contributed by atoms with Gasteiger partial charge < -0.3 is 5.73 Å². The van der Waals surface area contributed by atoms with Crippen LogP contribution in [0.4, 0.5) is 5.69 Å². The fraction of sp³-hybridized carbons (Fsp3) is 0.690. The van der Waals surface area contributed by atoms with E-state index in [4.69, 9.17) is 10.3 Å².